The highest BCUT2D eigenvalue weighted by Gasteiger charge is 2.01. The van der Waals surface area contributed by atoms with Crippen molar-refractivity contribution in [2.24, 2.45) is 0 Å². The Morgan fingerprint density at radius 1 is 1.27 bits per heavy atom. The van der Waals surface area contributed by atoms with Crippen LogP contribution in [0.15, 0.2) is 23.3 Å². The van der Waals surface area contributed by atoms with Crippen molar-refractivity contribution in [1.29, 1.82) is 0 Å². The van der Waals surface area contributed by atoms with Crippen molar-refractivity contribution in [3.63, 3.8) is 0 Å². The third-order valence-corrected chi connectivity index (χ3v) is 1.07. The minimum Gasteiger partial charge on any atom is -0.296 e. The lowest BCUT2D eigenvalue weighted by Gasteiger charge is -1.92. The van der Waals surface area contributed by atoms with Gasteiger partial charge in [-0.05, 0) is 20.8 Å². The van der Waals surface area contributed by atoms with Crippen LogP contribution in [0.5, 0.6) is 0 Å². The standard InChI is InChI=1S/C8H12O3/c1-6(2)4-5-7(3)8(9)11-10/h4-5,10H,1-3H3/b7-5+. The van der Waals surface area contributed by atoms with Crippen LogP contribution in [0.25, 0.3) is 0 Å². The van der Waals surface area contributed by atoms with Gasteiger partial charge in [0.1, 0.15) is 0 Å². The Labute approximate surface area is 65.9 Å². The van der Waals surface area contributed by atoms with Crippen LogP contribution < -0.4 is 0 Å². The zero-order valence-electron chi connectivity index (χ0n) is 6.92. The van der Waals surface area contributed by atoms with Crippen LogP contribution in [0.4, 0.5) is 0 Å². The summed E-state index contributed by atoms with van der Waals surface area (Å²) in [6.45, 7) is 5.39. The molecular weight excluding hydrogens is 144 g/mol. The monoisotopic (exact) mass is 156 g/mol. The quantitative estimate of drug-likeness (QED) is 0.287. The third kappa shape index (κ3) is 4.33. The van der Waals surface area contributed by atoms with Gasteiger partial charge < -0.3 is 0 Å². The van der Waals surface area contributed by atoms with Gasteiger partial charge in [0, 0.05) is 5.57 Å². The third-order valence-electron chi connectivity index (χ3n) is 1.07. The van der Waals surface area contributed by atoms with Crippen LogP contribution >= 0.6 is 0 Å². The lowest BCUT2D eigenvalue weighted by Crippen LogP contribution is -2.01. The number of allylic oxidation sites excluding steroid dienone is 3. The molecular formula is C8H12O3. The average molecular weight is 156 g/mol. The molecule has 0 aromatic heterocycles. The molecule has 0 aliphatic carbocycles. The molecule has 0 bridgehead atoms. The van der Waals surface area contributed by atoms with Gasteiger partial charge in [-0.25, -0.2) is 4.79 Å². The highest BCUT2D eigenvalue weighted by Crippen LogP contribution is 1.98. The maximum absolute atomic E-state index is 10.6. The normalized spacial score (nSPS) is 10.7. The van der Waals surface area contributed by atoms with Crippen LogP contribution in [-0.2, 0) is 9.68 Å². The largest absolute Gasteiger partial charge is 0.368 e. The molecule has 0 heterocycles. The Morgan fingerprint density at radius 2 is 1.82 bits per heavy atom. The molecule has 0 rings (SSSR count). The topological polar surface area (TPSA) is 46.5 Å². The van der Waals surface area contributed by atoms with E-state index in [9.17, 15) is 4.79 Å². The van der Waals surface area contributed by atoms with E-state index >= 15 is 0 Å². The van der Waals surface area contributed by atoms with Gasteiger partial charge in [0.05, 0.1) is 0 Å². The second-order valence-corrected chi connectivity index (χ2v) is 2.47. The summed E-state index contributed by atoms with van der Waals surface area (Å²) in [5, 5.41) is 7.96. The molecule has 0 amide bonds. The van der Waals surface area contributed by atoms with Crippen molar-refractivity contribution < 1.29 is 14.9 Å². The van der Waals surface area contributed by atoms with Gasteiger partial charge in [0.2, 0.25) is 0 Å². The molecule has 0 aliphatic heterocycles. The van der Waals surface area contributed by atoms with Crippen LogP contribution in [0.3, 0.4) is 0 Å². The lowest BCUT2D eigenvalue weighted by molar-refractivity contribution is -0.229. The molecule has 0 aliphatic rings. The van der Waals surface area contributed by atoms with Crippen molar-refractivity contribution in [1.82, 2.24) is 0 Å². The van der Waals surface area contributed by atoms with E-state index in [-0.39, 0.29) is 0 Å². The molecule has 0 saturated carbocycles. The Kier molecular flexibility index (Phi) is 4.22. The Hall–Kier alpha value is -1.09. The van der Waals surface area contributed by atoms with Gasteiger partial charge in [-0.1, -0.05) is 17.7 Å². The van der Waals surface area contributed by atoms with E-state index in [0.29, 0.717) is 5.57 Å². The molecule has 0 fully saturated rings. The van der Waals surface area contributed by atoms with E-state index in [2.05, 4.69) is 4.89 Å². The molecule has 0 radical (unpaired) electrons. The summed E-state index contributed by atoms with van der Waals surface area (Å²) in [4.78, 5) is 14.1. The minimum atomic E-state index is -0.720. The molecule has 0 unspecified atom stereocenters. The van der Waals surface area contributed by atoms with E-state index in [0.717, 1.165) is 5.57 Å². The first-order chi connectivity index (χ1) is 5.07. The molecule has 3 nitrogen and oxygen atoms in total. The first-order valence-corrected chi connectivity index (χ1v) is 3.25. The summed E-state index contributed by atoms with van der Waals surface area (Å²) in [6.07, 6.45) is 3.36. The highest BCUT2D eigenvalue weighted by molar-refractivity contribution is 5.87. The van der Waals surface area contributed by atoms with Gasteiger partial charge in [-0.3, -0.25) is 4.89 Å². The maximum Gasteiger partial charge on any atom is 0.368 e. The number of rotatable bonds is 2. The van der Waals surface area contributed by atoms with Crippen LogP contribution in [-0.4, -0.2) is 11.2 Å². The van der Waals surface area contributed by atoms with Gasteiger partial charge >= 0.3 is 5.97 Å². The SMILES string of the molecule is CC(C)=C/C=C(\C)C(=O)OO. The zero-order chi connectivity index (χ0) is 8.85. The smallest absolute Gasteiger partial charge is 0.296 e. The van der Waals surface area contributed by atoms with E-state index < -0.39 is 5.97 Å². The Morgan fingerprint density at radius 3 is 2.18 bits per heavy atom. The number of carbonyl (C=O) groups excluding carboxylic acids is 1. The van der Waals surface area contributed by atoms with E-state index in [1.165, 1.54) is 0 Å². The fourth-order valence-corrected chi connectivity index (χ4v) is 0.432. The molecule has 0 aromatic rings. The van der Waals surface area contributed by atoms with E-state index in [4.69, 9.17) is 5.26 Å². The van der Waals surface area contributed by atoms with Crippen LogP contribution in [0.1, 0.15) is 20.8 Å². The number of hydrogen-bond donors (Lipinski definition) is 1. The maximum atomic E-state index is 10.6. The van der Waals surface area contributed by atoms with Crippen molar-refractivity contribution >= 4 is 5.97 Å². The van der Waals surface area contributed by atoms with Gasteiger partial charge in [0.15, 0.2) is 0 Å². The Bertz CT molecular complexity index is 197. The Balaban J connectivity index is 4.23. The second kappa shape index (κ2) is 4.68. The van der Waals surface area contributed by atoms with Gasteiger partial charge in [-0.2, -0.15) is 5.26 Å². The van der Waals surface area contributed by atoms with Crippen molar-refractivity contribution in [3.8, 4) is 0 Å². The fraction of sp³-hybridized carbons (Fsp3) is 0.375. The van der Waals surface area contributed by atoms with Gasteiger partial charge in [0.25, 0.3) is 0 Å². The van der Waals surface area contributed by atoms with E-state index in [1.54, 1.807) is 19.1 Å². The summed E-state index contributed by atoms with van der Waals surface area (Å²) in [7, 11) is 0. The number of hydrogen-bond acceptors (Lipinski definition) is 3. The van der Waals surface area contributed by atoms with Crippen LogP contribution in [0.2, 0.25) is 0 Å². The number of carbonyl (C=O) groups is 1. The van der Waals surface area contributed by atoms with E-state index in [1.807, 2.05) is 13.8 Å². The summed E-state index contributed by atoms with van der Waals surface area (Å²) in [6, 6.07) is 0. The molecule has 0 aromatic carbocycles. The average Bonchev–Trinajstić information content (AvgIpc) is 1.98. The lowest BCUT2D eigenvalue weighted by atomic mass is 10.2. The minimum absolute atomic E-state index is 0.369. The first kappa shape index (κ1) is 9.91. The second-order valence-electron chi connectivity index (χ2n) is 2.47. The predicted octanol–water partition coefficient (Wildman–Crippen LogP) is 1.92. The molecule has 1 N–H and O–H groups in total. The molecule has 0 saturated heterocycles. The van der Waals surface area contributed by atoms with Gasteiger partial charge in [-0.15, -0.1) is 0 Å². The van der Waals surface area contributed by atoms with Crippen molar-refractivity contribution in [2.75, 3.05) is 0 Å². The highest BCUT2D eigenvalue weighted by atomic mass is 17.1. The molecule has 62 valence electrons. The van der Waals surface area contributed by atoms with Crippen molar-refractivity contribution in [2.45, 2.75) is 20.8 Å². The molecule has 3 heteroatoms. The van der Waals surface area contributed by atoms with Crippen molar-refractivity contribution in [3.05, 3.63) is 23.3 Å². The fourth-order valence-electron chi connectivity index (χ4n) is 0.432. The molecule has 0 atom stereocenters. The summed E-state index contributed by atoms with van der Waals surface area (Å²) in [5.41, 5.74) is 1.45. The predicted molar refractivity (Wildman–Crippen MR) is 41.9 cm³/mol. The molecule has 11 heavy (non-hydrogen) atoms. The summed E-state index contributed by atoms with van der Waals surface area (Å²) < 4.78 is 0. The zero-order valence-corrected chi connectivity index (χ0v) is 6.92. The molecule has 0 spiro atoms. The van der Waals surface area contributed by atoms with Crippen LogP contribution in [0, 0.1) is 0 Å². The first-order valence-electron chi connectivity index (χ1n) is 3.25. The summed E-state index contributed by atoms with van der Waals surface area (Å²) >= 11 is 0. The summed E-state index contributed by atoms with van der Waals surface area (Å²) in [5.74, 6) is -0.720.